The van der Waals surface area contributed by atoms with E-state index in [0.29, 0.717) is 23.0 Å². The third-order valence-corrected chi connectivity index (χ3v) is 2.89. The van der Waals surface area contributed by atoms with Crippen LogP contribution in [0.15, 0.2) is 36.4 Å². The van der Waals surface area contributed by atoms with Gasteiger partial charge in [-0.15, -0.1) is 0 Å². The second-order valence-electron chi connectivity index (χ2n) is 3.98. The van der Waals surface area contributed by atoms with Gasteiger partial charge < -0.3 is 15.2 Å². The molecule has 0 aromatic heterocycles. The highest BCUT2D eigenvalue weighted by Gasteiger charge is 2.05. The molecule has 5 heteroatoms. The van der Waals surface area contributed by atoms with Gasteiger partial charge in [0, 0.05) is 11.6 Å². The lowest BCUT2D eigenvalue weighted by molar-refractivity contribution is 0.373. The molecular weight excluding hydrogens is 269 g/mol. The van der Waals surface area contributed by atoms with Crippen molar-refractivity contribution in [3.63, 3.8) is 0 Å². The van der Waals surface area contributed by atoms with Crippen LogP contribution < -0.4 is 10.1 Å². The molecule has 3 nitrogen and oxygen atoms in total. The minimum Gasteiger partial charge on any atom is -0.504 e. The maximum Gasteiger partial charge on any atom is 0.160 e. The summed E-state index contributed by atoms with van der Waals surface area (Å²) in [6, 6.07) is 9.27. The van der Waals surface area contributed by atoms with Gasteiger partial charge >= 0.3 is 0 Å². The lowest BCUT2D eigenvalue weighted by Crippen LogP contribution is -2.01. The molecule has 0 spiro atoms. The first kappa shape index (κ1) is 13.5. The Kier molecular flexibility index (Phi) is 4.12. The van der Waals surface area contributed by atoms with Gasteiger partial charge in [0.25, 0.3) is 0 Å². The van der Waals surface area contributed by atoms with Gasteiger partial charge in [-0.05, 0) is 35.9 Å². The number of hydrogen-bond acceptors (Lipinski definition) is 3. The molecule has 0 heterocycles. The number of benzene rings is 2. The summed E-state index contributed by atoms with van der Waals surface area (Å²) in [5.41, 5.74) is 1.19. The van der Waals surface area contributed by atoms with Gasteiger partial charge in [-0.3, -0.25) is 0 Å². The van der Waals surface area contributed by atoms with Gasteiger partial charge in [-0.25, -0.2) is 4.39 Å². The maximum absolute atomic E-state index is 13.5. The van der Waals surface area contributed by atoms with Crippen LogP contribution >= 0.6 is 11.6 Å². The molecule has 100 valence electrons. The van der Waals surface area contributed by atoms with Crippen molar-refractivity contribution in [2.75, 3.05) is 12.4 Å². The van der Waals surface area contributed by atoms with Crippen molar-refractivity contribution >= 4 is 17.3 Å². The first-order valence-electron chi connectivity index (χ1n) is 5.65. The van der Waals surface area contributed by atoms with Gasteiger partial charge in [-0.2, -0.15) is 0 Å². The molecular formula is C14H13ClFNO2. The molecule has 2 aromatic carbocycles. The molecule has 0 bridgehead atoms. The lowest BCUT2D eigenvalue weighted by Gasteiger charge is -2.10. The van der Waals surface area contributed by atoms with Crippen LogP contribution in [0.3, 0.4) is 0 Å². The van der Waals surface area contributed by atoms with Gasteiger partial charge in [0.1, 0.15) is 5.82 Å². The number of rotatable bonds is 4. The molecule has 2 aromatic rings. The Hall–Kier alpha value is -1.94. The summed E-state index contributed by atoms with van der Waals surface area (Å²) in [5, 5.41) is 12.9. The average Bonchev–Trinajstić information content (AvgIpc) is 2.41. The molecule has 0 amide bonds. The van der Waals surface area contributed by atoms with Crippen molar-refractivity contribution in [3.05, 3.63) is 52.8 Å². The zero-order valence-electron chi connectivity index (χ0n) is 10.3. The van der Waals surface area contributed by atoms with Crippen molar-refractivity contribution in [3.8, 4) is 11.5 Å². The fraction of sp³-hybridized carbons (Fsp3) is 0.143. The number of anilines is 1. The number of ether oxygens (including phenoxy) is 1. The lowest BCUT2D eigenvalue weighted by atomic mass is 10.2. The van der Waals surface area contributed by atoms with E-state index in [9.17, 15) is 9.50 Å². The Morgan fingerprint density at radius 1 is 1.26 bits per heavy atom. The number of aromatic hydroxyl groups is 1. The molecule has 2 rings (SSSR count). The molecule has 0 aliphatic rings. The van der Waals surface area contributed by atoms with E-state index in [4.69, 9.17) is 16.3 Å². The fourth-order valence-electron chi connectivity index (χ4n) is 1.66. The minimum absolute atomic E-state index is 0.0696. The minimum atomic E-state index is -0.366. The van der Waals surface area contributed by atoms with E-state index in [0.717, 1.165) is 5.56 Å². The predicted octanol–water partition coefficient (Wildman–Crippen LogP) is 3.81. The number of phenolic OH excluding ortho intramolecular Hbond substituents is 1. The Morgan fingerprint density at radius 3 is 2.79 bits per heavy atom. The largest absolute Gasteiger partial charge is 0.504 e. The van der Waals surface area contributed by atoms with Crippen molar-refractivity contribution < 1.29 is 14.2 Å². The van der Waals surface area contributed by atoms with Crippen molar-refractivity contribution in [2.24, 2.45) is 0 Å². The number of phenols is 1. The summed E-state index contributed by atoms with van der Waals surface area (Å²) >= 11 is 5.81. The van der Waals surface area contributed by atoms with Crippen LogP contribution in [-0.4, -0.2) is 12.2 Å². The van der Waals surface area contributed by atoms with Crippen molar-refractivity contribution in [2.45, 2.75) is 6.54 Å². The van der Waals surface area contributed by atoms with Gasteiger partial charge in [0.05, 0.1) is 12.8 Å². The highest BCUT2D eigenvalue weighted by Crippen LogP contribution is 2.27. The van der Waals surface area contributed by atoms with Crippen LogP contribution in [0.1, 0.15) is 5.56 Å². The molecule has 19 heavy (non-hydrogen) atoms. The van der Waals surface area contributed by atoms with Gasteiger partial charge in [0.15, 0.2) is 11.5 Å². The molecule has 0 saturated heterocycles. The van der Waals surface area contributed by atoms with E-state index in [1.165, 1.54) is 31.4 Å². The summed E-state index contributed by atoms with van der Waals surface area (Å²) < 4.78 is 18.5. The first-order chi connectivity index (χ1) is 9.10. The zero-order chi connectivity index (χ0) is 13.8. The van der Waals surface area contributed by atoms with Crippen LogP contribution in [0.2, 0.25) is 5.02 Å². The SMILES string of the molecule is COc1cc(CNc2cc(Cl)ccc2F)ccc1O. The summed E-state index contributed by atoms with van der Waals surface area (Å²) in [6.45, 7) is 0.397. The maximum atomic E-state index is 13.5. The second-order valence-corrected chi connectivity index (χ2v) is 4.42. The summed E-state index contributed by atoms with van der Waals surface area (Å²) in [6.07, 6.45) is 0. The Balaban J connectivity index is 2.12. The van der Waals surface area contributed by atoms with Crippen LogP contribution in [0.25, 0.3) is 0 Å². The Bertz CT molecular complexity index is 590. The molecule has 0 saturated carbocycles. The highest BCUT2D eigenvalue weighted by atomic mass is 35.5. The smallest absolute Gasteiger partial charge is 0.160 e. The monoisotopic (exact) mass is 281 g/mol. The number of halogens is 2. The van der Waals surface area contributed by atoms with E-state index >= 15 is 0 Å². The summed E-state index contributed by atoms with van der Waals surface area (Å²) in [4.78, 5) is 0. The van der Waals surface area contributed by atoms with Crippen LogP contribution in [0.4, 0.5) is 10.1 Å². The normalized spacial score (nSPS) is 10.3. The molecule has 0 atom stereocenters. The third kappa shape index (κ3) is 3.29. The van der Waals surface area contributed by atoms with E-state index in [1.54, 1.807) is 12.1 Å². The van der Waals surface area contributed by atoms with E-state index < -0.39 is 0 Å². The molecule has 0 radical (unpaired) electrons. The second kappa shape index (κ2) is 5.80. The Morgan fingerprint density at radius 2 is 2.05 bits per heavy atom. The fourth-order valence-corrected chi connectivity index (χ4v) is 1.83. The van der Waals surface area contributed by atoms with Crippen molar-refractivity contribution in [1.82, 2.24) is 0 Å². The van der Waals surface area contributed by atoms with Crippen LogP contribution in [0, 0.1) is 5.82 Å². The van der Waals surface area contributed by atoms with E-state index in [1.807, 2.05) is 0 Å². The molecule has 0 aliphatic heterocycles. The first-order valence-corrected chi connectivity index (χ1v) is 6.03. The predicted molar refractivity (Wildman–Crippen MR) is 73.4 cm³/mol. The zero-order valence-corrected chi connectivity index (χ0v) is 11.0. The topological polar surface area (TPSA) is 41.5 Å². The standard InChI is InChI=1S/C14H13ClFNO2/c1-19-14-6-9(2-5-13(14)18)8-17-12-7-10(15)3-4-11(12)16/h2-7,17-18H,8H2,1H3. The van der Waals surface area contributed by atoms with E-state index in [2.05, 4.69) is 5.32 Å². The van der Waals surface area contributed by atoms with Crippen LogP contribution in [0.5, 0.6) is 11.5 Å². The van der Waals surface area contributed by atoms with Crippen molar-refractivity contribution in [1.29, 1.82) is 0 Å². The van der Waals surface area contributed by atoms with Gasteiger partial charge in [0.2, 0.25) is 0 Å². The quantitative estimate of drug-likeness (QED) is 0.895. The van der Waals surface area contributed by atoms with Crippen LogP contribution in [-0.2, 0) is 6.54 Å². The number of methoxy groups -OCH3 is 1. The molecule has 0 unspecified atom stereocenters. The Labute approximate surface area is 115 Å². The highest BCUT2D eigenvalue weighted by molar-refractivity contribution is 6.30. The molecule has 0 aliphatic carbocycles. The third-order valence-electron chi connectivity index (χ3n) is 2.66. The number of nitrogens with one attached hydrogen (secondary N) is 1. The van der Waals surface area contributed by atoms with Gasteiger partial charge in [-0.1, -0.05) is 17.7 Å². The van der Waals surface area contributed by atoms with E-state index in [-0.39, 0.29) is 11.6 Å². The molecule has 0 fully saturated rings. The number of hydrogen-bond donors (Lipinski definition) is 2. The summed E-state index contributed by atoms with van der Waals surface area (Å²) in [5.74, 6) is 0.0844. The average molecular weight is 282 g/mol. The molecule has 2 N–H and O–H groups in total. The summed E-state index contributed by atoms with van der Waals surface area (Å²) in [7, 11) is 1.48.